The second-order valence-corrected chi connectivity index (χ2v) is 5.99. The normalized spacial score (nSPS) is 11.0. The number of imidazole rings is 1. The third kappa shape index (κ3) is 5.47. The lowest BCUT2D eigenvalue weighted by atomic mass is 10.1. The number of carbonyl (C=O) groups is 1. The summed E-state index contributed by atoms with van der Waals surface area (Å²) < 4.78 is 7.07. The van der Waals surface area contributed by atoms with Crippen molar-refractivity contribution in [3.63, 3.8) is 0 Å². The molecule has 0 atom stereocenters. The summed E-state index contributed by atoms with van der Waals surface area (Å²) in [6.07, 6.45) is 3.81. The Morgan fingerprint density at radius 3 is 2.96 bits per heavy atom. The lowest BCUT2D eigenvalue weighted by Crippen LogP contribution is -2.30. The summed E-state index contributed by atoms with van der Waals surface area (Å²) in [7, 11) is 1.64. The molecule has 1 aromatic heterocycles. The van der Waals surface area contributed by atoms with E-state index in [0.29, 0.717) is 19.1 Å². The van der Waals surface area contributed by atoms with Gasteiger partial charge in [-0.2, -0.15) is 0 Å². The highest BCUT2D eigenvalue weighted by Crippen LogP contribution is 2.16. The molecule has 1 aromatic carbocycles. The molecule has 0 aliphatic carbocycles. The Hall–Kier alpha value is -2.18. The third-order valence-corrected chi connectivity index (χ3v) is 3.60. The molecule has 0 bridgehead atoms. The lowest BCUT2D eigenvalue weighted by molar-refractivity contribution is -0.115. The fourth-order valence-corrected chi connectivity index (χ4v) is 2.48. The number of hydrogen-bond donors (Lipinski definition) is 2. The maximum atomic E-state index is 11.9. The predicted octanol–water partition coefficient (Wildman–Crippen LogP) is 2.23. The molecule has 0 aliphatic rings. The van der Waals surface area contributed by atoms with Gasteiger partial charge >= 0.3 is 0 Å². The first-order valence-electron chi connectivity index (χ1n) is 8.19. The molecule has 0 unspecified atom stereocenters. The Kier molecular flexibility index (Phi) is 6.96. The van der Waals surface area contributed by atoms with Crippen LogP contribution >= 0.6 is 0 Å². The maximum absolute atomic E-state index is 11.9. The molecule has 24 heavy (non-hydrogen) atoms. The minimum atomic E-state index is -0.0613. The maximum Gasteiger partial charge on any atom is 0.238 e. The Morgan fingerprint density at radius 1 is 1.38 bits per heavy atom. The standard InChI is InChI=1S/C18H26N4O2/c1-14(2)18-20-7-9-22(18)13-15-5-4-6-16(11-15)21-17(23)12-19-8-10-24-3/h4-7,9,11,14,19H,8,10,12-13H2,1-3H3,(H,21,23). The molecule has 1 amide bonds. The van der Waals surface area contributed by atoms with Gasteiger partial charge in [0, 0.05) is 44.2 Å². The van der Waals surface area contributed by atoms with Crippen molar-refractivity contribution in [3.05, 3.63) is 48.0 Å². The van der Waals surface area contributed by atoms with Crippen molar-refractivity contribution in [2.45, 2.75) is 26.3 Å². The zero-order chi connectivity index (χ0) is 17.4. The van der Waals surface area contributed by atoms with Crippen LogP contribution in [0.2, 0.25) is 0 Å². The summed E-state index contributed by atoms with van der Waals surface area (Å²) in [5.74, 6) is 1.38. The Labute approximate surface area is 143 Å². The van der Waals surface area contributed by atoms with Crippen LogP contribution in [0.3, 0.4) is 0 Å². The molecule has 2 N–H and O–H groups in total. The number of ether oxygens (including phenoxy) is 1. The molecule has 130 valence electrons. The molecule has 0 aliphatic heterocycles. The summed E-state index contributed by atoms with van der Waals surface area (Å²) in [6.45, 7) is 6.52. The van der Waals surface area contributed by atoms with Crippen LogP contribution < -0.4 is 10.6 Å². The van der Waals surface area contributed by atoms with E-state index in [-0.39, 0.29) is 12.5 Å². The van der Waals surface area contributed by atoms with Crippen molar-refractivity contribution in [2.24, 2.45) is 0 Å². The summed E-state index contributed by atoms with van der Waals surface area (Å²) in [5.41, 5.74) is 1.93. The number of benzene rings is 1. The second kappa shape index (κ2) is 9.20. The second-order valence-electron chi connectivity index (χ2n) is 5.99. The first-order valence-corrected chi connectivity index (χ1v) is 8.19. The van der Waals surface area contributed by atoms with E-state index < -0.39 is 0 Å². The number of nitrogens with one attached hydrogen (secondary N) is 2. The largest absolute Gasteiger partial charge is 0.383 e. The molecule has 0 radical (unpaired) electrons. The zero-order valence-corrected chi connectivity index (χ0v) is 14.6. The van der Waals surface area contributed by atoms with Crippen LogP contribution in [0.4, 0.5) is 5.69 Å². The zero-order valence-electron chi connectivity index (χ0n) is 14.6. The molecular weight excluding hydrogens is 304 g/mol. The van der Waals surface area contributed by atoms with Crippen molar-refractivity contribution in [2.75, 3.05) is 32.1 Å². The number of nitrogens with zero attached hydrogens (tertiary/aromatic N) is 2. The molecule has 0 saturated heterocycles. The van der Waals surface area contributed by atoms with Gasteiger partial charge in [0.15, 0.2) is 0 Å². The Bertz CT molecular complexity index is 652. The number of hydrogen-bond acceptors (Lipinski definition) is 4. The van der Waals surface area contributed by atoms with E-state index in [1.54, 1.807) is 7.11 Å². The third-order valence-electron chi connectivity index (χ3n) is 3.60. The van der Waals surface area contributed by atoms with Gasteiger partial charge in [0.2, 0.25) is 5.91 Å². The van der Waals surface area contributed by atoms with Crippen molar-refractivity contribution in [1.29, 1.82) is 0 Å². The van der Waals surface area contributed by atoms with Crippen LogP contribution in [0.1, 0.15) is 31.2 Å². The fourth-order valence-electron chi connectivity index (χ4n) is 2.48. The molecule has 2 aromatic rings. The molecule has 1 heterocycles. The van der Waals surface area contributed by atoms with Gasteiger partial charge in [-0.15, -0.1) is 0 Å². The van der Waals surface area contributed by atoms with E-state index in [4.69, 9.17) is 4.74 Å². The monoisotopic (exact) mass is 330 g/mol. The average Bonchev–Trinajstić information content (AvgIpc) is 3.00. The highest BCUT2D eigenvalue weighted by atomic mass is 16.5. The number of amides is 1. The van der Waals surface area contributed by atoms with Crippen LogP contribution in [0.25, 0.3) is 0 Å². The Morgan fingerprint density at radius 2 is 2.21 bits per heavy atom. The van der Waals surface area contributed by atoms with Crippen molar-refractivity contribution >= 4 is 11.6 Å². The molecule has 2 rings (SSSR count). The predicted molar refractivity (Wildman–Crippen MR) is 95.2 cm³/mol. The molecular formula is C18H26N4O2. The number of rotatable bonds is 9. The highest BCUT2D eigenvalue weighted by Gasteiger charge is 2.08. The number of aromatic nitrogens is 2. The van der Waals surface area contributed by atoms with Crippen LogP contribution in [-0.2, 0) is 16.1 Å². The molecule has 0 spiro atoms. The molecule has 0 fully saturated rings. The first kappa shape index (κ1) is 18.2. The fraction of sp³-hybridized carbons (Fsp3) is 0.444. The van der Waals surface area contributed by atoms with Crippen molar-refractivity contribution in [3.8, 4) is 0 Å². The van der Waals surface area contributed by atoms with Gasteiger partial charge in [0.1, 0.15) is 5.82 Å². The van der Waals surface area contributed by atoms with Gasteiger partial charge in [0.05, 0.1) is 13.2 Å². The van der Waals surface area contributed by atoms with E-state index in [1.807, 2.05) is 30.6 Å². The van der Waals surface area contributed by atoms with Gasteiger partial charge in [-0.3, -0.25) is 4.79 Å². The topological polar surface area (TPSA) is 68.2 Å². The minimum Gasteiger partial charge on any atom is -0.383 e. The summed E-state index contributed by atoms with van der Waals surface area (Å²) >= 11 is 0. The highest BCUT2D eigenvalue weighted by molar-refractivity contribution is 5.92. The minimum absolute atomic E-state index is 0.0613. The van der Waals surface area contributed by atoms with Crippen LogP contribution in [0.5, 0.6) is 0 Å². The van der Waals surface area contributed by atoms with E-state index >= 15 is 0 Å². The molecule has 6 nitrogen and oxygen atoms in total. The lowest BCUT2D eigenvalue weighted by Gasteiger charge is -2.12. The van der Waals surface area contributed by atoms with E-state index in [0.717, 1.165) is 23.6 Å². The van der Waals surface area contributed by atoms with E-state index in [2.05, 4.69) is 40.1 Å². The number of methoxy groups -OCH3 is 1. The van der Waals surface area contributed by atoms with Gasteiger partial charge in [-0.25, -0.2) is 4.98 Å². The van der Waals surface area contributed by atoms with E-state index in [1.165, 1.54) is 0 Å². The van der Waals surface area contributed by atoms with Gasteiger partial charge in [-0.05, 0) is 17.7 Å². The van der Waals surface area contributed by atoms with Crippen molar-refractivity contribution < 1.29 is 9.53 Å². The summed E-state index contributed by atoms with van der Waals surface area (Å²) in [6, 6.07) is 7.90. The first-order chi connectivity index (χ1) is 11.6. The van der Waals surface area contributed by atoms with Gasteiger partial charge in [-0.1, -0.05) is 26.0 Å². The Balaban J connectivity index is 1.93. The SMILES string of the molecule is COCCNCC(=O)Nc1cccc(Cn2ccnc2C(C)C)c1. The quantitative estimate of drug-likeness (QED) is 0.692. The van der Waals surface area contributed by atoms with Crippen LogP contribution in [0.15, 0.2) is 36.7 Å². The van der Waals surface area contributed by atoms with Gasteiger partial charge < -0.3 is 19.9 Å². The number of anilines is 1. The molecule has 0 saturated carbocycles. The van der Waals surface area contributed by atoms with Gasteiger partial charge in [0.25, 0.3) is 0 Å². The number of carbonyl (C=O) groups excluding carboxylic acids is 1. The summed E-state index contributed by atoms with van der Waals surface area (Å²) in [5, 5.41) is 5.94. The average molecular weight is 330 g/mol. The van der Waals surface area contributed by atoms with Crippen LogP contribution in [0, 0.1) is 0 Å². The van der Waals surface area contributed by atoms with Crippen molar-refractivity contribution in [1.82, 2.24) is 14.9 Å². The summed E-state index contributed by atoms with van der Waals surface area (Å²) in [4.78, 5) is 16.3. The van der Waals surface area contributed by atoms with E-state index in [9.17, 15) is 4.79 Å². The van der Waals surface area contributed by atoms with Crippen LogP contribution in [-0.4, -0.2) is 42.3 Å². The smallest absolute Gasteiger partial charge is 0.238 e. The molecule has 6 heteroatoms.